The van der Waals surface area contributed by atoms with Crippen LogP contribution in [0.4, 0.5) is 0 Å². The number of hydrogen-bond donors (Lipinski definition) is 2. The Labute approximate surface area is 146 Å². The SMILES string of the molecule is CC(C[PH+]=O)CC(C)(C)C.COc1cccc(OC)c1C(=O)NN. The number of methoxy groups -OCH3 is 2. The first-order chi connectivity index (χ1) is 11.2. The number of nitrogen functional groups attached to an aromatic ring is 1. The zero-order valence-electron chi connectivity index (χ0n) is 15.4. The number of carbonyl (C=O) groups is 1. The van der Waals surface area contributed by atoms with Crippen molar-refractivity contribution in [2.75, 3.05) is 20.4 Å². The van der Waals surface area contributed by atoms with Crippen LogP contribution in [-0.2, 0) is 4.57 Å². The van der Waals surface area contributed by atoms with Gasteiger partial charge in [0.1, 0.15) is 23.2 Å². The van der Waals surface area contributed by atoms with Crippen molar-refractivity contribution in [3.8, 4) is 11.5 Å². The van der Waals surface area contributed by atoms with Crippen molar-refractivity contribution < 1.29 is 18.8 Å². The van der Waals surface area contributed by atoms with Crippen molar-refractivity contribution in [1.82, 2.24) is 5.43 Å². The van der Waals surface area contributed by atoms with Gasteiger partial charge in [0.05, 0.1) is 14.2 Å². The molecule has 0 bridgehead atoms. The van der Waals surface area contributed by atoms with Gasteiger partial charge in [-0.1, -0.05) is 38.3 Å². The van der Waals surface area contributed by atoms with Gasteiger partial charge in [-0.15, -0.1) is 0 Å². The van der Waals surface area contributed by atoms with Gasteiger partial charge in [-0.3, -0.25) is 10.2 Å². The van der Waals surface area contributed by atoms with E-state index in [9.17, 15) is 9.36 Å². The summed E-state index contributed by atoms with van der Waals surface area (Å²) in [6.45, 7) is 8.82. The highest BCUT2D eigenvalue weighted by Crippen LogP contribution is 2.27. The first-order valence-corrected chi connectivity index (χ1v) is 8.88. The third-order valence-corrected chi connectivity index (χ3v) is 4.04. The number of nitrogens with two attached hydrogens (primary N) is 1. The van der Waals surface area contributed by atoms with Crippen molar-refractivity contribution in [1.29, 1.82) is 0 Å². The molecule has 0 aliphatic rings. The zero-order chi connectivity index (χ0) is 18.8. The molecule has 0 radical (unpaired) electrons. The molecule has 0 heterocycles. The van der Waals surface area contributed by atoms with Gasteiger partial charge in [0.2, 0.25) is 0 Å². The highest BCUT2D eigenvalue weighted by atomic mass is 31.1. The zero-order valence-corrected chi connectivity index (χ0v) is 16.4. The van der Waals surface area contributed by atoms with E-state index in [0.29, 0.717) is 28.4 Å². The smallest absolute Gasteiger partial charge is 0.325 e. The van der Waals surface area contributed by atoms with E-state index in [1.165, 1.54) is 20.6 Å². The van der Waals surface area contributed by atoms with Crippen LogP contribution in [0.3, 0.4) is 0 Å². The second kappa shape index (κ2) is 11.0. The molecule has 1 aromatic rings. The summed E-state index contributed by atoms with van der Waals surface area (Å²) in [5.41, 5.74) is 2.71. The molecule has 1 rings (SSSR count). The lowest BCUT2D eigenvalue weighted by Gasteiger charge is -2.20. The van der Waals surface area contributed by atoms with Crippen LogP contribution in [0.1, 0.15) is 44.5 Å². The van der Waals surface area contributed by atoms with Gasteiger partial charge >= 0.3 is 8.46 Å². The molecule has 136 valence electrons. The average molecular weight is 357 g/mol. The summed E-state index contributed by atoms with van der Waals surface area (Å²) >= 11 is 0. The summed E-state index contributed by atoms with van der Waals surface area (Å²) in [6.07, 6.45) is 2.03. The lowest BCUT2D eigenvalue weighted by molar-refractivity contribution is 0.0947. The van der Waals surface area contributed by atoms with E-state index in [0.717, 1.165) is 6.16 Å². The number of ether oxygens (including phenoxy) is 2. The molecule has 0 saturated heterocycles. The molecular formula is C17H30N2O4P+. The van der Waals surface area contributed by atoms with Crippen LogP contribution in [-0.4, -0.2) is 26.3 Å². The Morgan fingerprint density at radius 1 is 1.25 bits per heavy atom. The molecule has 2 unspecified atom stereocenters. The lowest BCUT2D eigenvalue weighted by atomic mass is 9.86. The van der Waals surface area contributed by atoms with Crippen LogP contribution in [0.5, 0.6) is 11.5 Å². The highest BCUT2D eigenvalue weighted by molar-refractivity contribution is 7.23. The van der Waals surface area contributed by atoms with Crippen molar-refractivity contribution in [3.63, 3.8) is 0 Å². The van der Waals surface area contributed by atoms with Crippen LogP contribution < -0.4 is 20.7 Å². The summed E-state index contributed by atoms with van der Waals surface area (Å²) in [5, 5.41) is 0. The highest BCUT2D eigenvalue weighted by Gasteiger charge is 2.17. The quantitative estimate of drug-likeness (QED) is 0.352. The summed E-state index contributed by atoms with van der Waals surface area (Å²) in [6, 6.07) is 5.05. The van der Waals surface area contributed by atoms with Gasteiger partial charge in [0, 0.05) is 5.92 Å². The minimum Gasteiger partial charge on any atom is -0.496 e. The molecule has 0 saturated carbocycles. The van der Waals surface area contributed by atoms with Crippen LogP contribution in [0.25, 0.3) is 0 Å². The van der Waals surface area contributed by atoms with Gasteiger partial charge in [-0.25, -0.2) is 5.84 Å². The van der Waals surface area contributed by atoms with Crippen LogP contribution in [0.15, 0.2) is 18.2 Å². The Kier molecular flexibility index (Phi) is 10.2. The molecule has 0 aliphatic heterocycles. The lowest BCUT2D eigenvalue weighted by Crippen LogP contribution is -2.30. The molecule has 0 spiro atoms. The summed E-state index contributed by atoms with van der Waals surface area (Å²) in [7, 11) is 2.82. The summed E-state index contributed by atoms with van der Waals surface area (Å²) in [5.74, 6) is 6.05. The monoisotopic (exact) mass is 357 g/mol. The van der Waals surface area contributed by atoms with E-state index in [-0.39, 0.29) is 8.46 Å². The molecule has 24 heavy (non-hydrogen) atoms. The topological polar surface area (TPSA) is 90.6 Å². The molecule has 1 amide bonds. The normalized spacial score (nSPS) is 12.0. The number of hydrogen-bond acceptors (Lipinski definition) is 5. The third-order valence-electron chi connectivity index (χ3n) is 3.18. The Morgan fingerprint density at radius 2 is 1.75 bits per heavy atom. The van der Waals surface area contributed by atoms with Crippen molar-refractivity contribution in [2.24, 2.45) is 17.2 Å². The van der Waals surface area contributed by atoms with E-state index in [2.05, 4.69) is 27.7 Å². The minimum atomic E-state index is -0.445. The molecular weight excluding hydrogens is 327 g/mol. The Hall–Kier alpha value is -1.65. The average Bonchev–Trinajstić information content (AvgIpc) is 2.52. The predicted octanol–water partition coefficient (Wildman–Crippen LogP) is 3.39. The molecule has 0 aliphatic carbocycles. The Bertz CT molecular complexity index is 508. The van der Waals surface area contributed by atoms with Crippen molar-refractivity contribution >= 4 is 14.4 Å². The second-order valence-corrected chi connectivity index (χ2v) is 7.43. The predicted molar refractivity (Wildman–Crippen MR) is 98.3 cm³/mol. The molecule has 0 fully saturated rings. The van der Waals surface area contributed by atoms with E-state index in [4.69, 9.17) is 15.3 Å². The number of hydrazine groups is 1. The standard InChI is InChI=1S/C9H12N2O3.C8H17OP/c1-13-6-4-3-5-7(14-2)8(6)9(12)11-10;1-7(6-10-9)5-8(2,3)4/h3-5H,10H2,1-2H3,(H,11,12);7H,5-6H2,1-4H3/p+1. The maximum absolute atomic E-state index is 11.4. The summed E-state index contributed by atoms with van der Waals surface area (Å²) in [4.78, 5) is 11.4. The van der Waals surface area contributed by atoms with Gasteiger partial charge in [-0.2, -0.15) is 0 Å². The Morgan fingerprint density at radius 3 is 2.08 bits per heavy atom. The number of carbonyl (C=O) groups excluding carboxylic acids is 1. The number of amides is 1. The Balaban J connectivity index is 0.000000470. The first kappa shape index (κ1) is 22.4. The molecule has 2 atom stereocenters. The fourth-order valence-electron chi connectivity index (χ4n) is 2.41. The second-order valence-electron chi connectivity index (χ2n) is 6.73. The van der Waals surface area contributed by atoms with E-state index in [1.807, 2.05) is 5.43 Å². The number of benzene rings is 1. The molecule has 7 heteroatoms. The maximum atomic E-state index is 11.4. The van der Waals surface area contributed by atoms with Gasteiger partial charge in [-0.05, 0) is 24.0 Å². The van der Waals surface area contributed by atoms with Crippen LogP contribution in [0.2, 0.25) is 0 Å². The van der Waals surface area contributed by atoms with Crippen molar-refractivity contribution in [3.05, 3.63) is 23.8 Å². The number of nitrogens with one attached hydrogen (secondary N) is 1. The van der Waals surface area contributed by atoms with Gasteiger partial charge in [0.25, 0.3) is 5.91 Å². The molecule has 0 aromatic heterocycles. The minimum absolute atomic E-state index is 0.126. The third kappa shape index (κ3) is 8.27. The molecule has 6 nitrogen and oxygen atoms in total. The van der Waals surface area contributed by atoms with Crippen LogP contribution in [0, 0.1) is 11.3 Å². The number of rotatable bonds is 6. The van der Waals surface area contributed by atoms with Gasteiger partial charge < -0.3 is 9.47 Å². The first-order valence-electron chi connectivity index (χ1n) is 7.77. The largest absolute Gasteiger partial charge is 0.496 e. The van der Waals surface area contributed by atoms with Crippen molar-refractivity contribution in [2.45, 2.75) is 34.1 Å². The van der Waals surface area contributed by atoms with E-state index >= 15 is 0 Å². The molecule has 1 aromatic carbocycles. The van der Waals surface area contributed by atoms with Gasteiger partial charge in [0.15, 0.2) is 0 Å². The molecule has 3 N–H and O–H groups in total. The van der Waals surface area contributed by atoms with Crippen LogP contribution >= 0.6 is 8.46 Å². The van der Waals surface area contributed by atoms with E-state index in [1.54, 1.807) is 18.2 Å². The fourth-order valence-corrected chi connectivity index (χ4v) is 2.84. The van der Waals surface area contributed by atoms with E-state index < -0.39 is 5.91 Å². The summed E-state index contributed by atoms with van der Waals surface area (Å²) < 4.78 is 20.3. The fraction of sp³-hybridized carbons (Fsp3) is 0.588. The maximum Gasteiger partial charge on any atom is 0.325 e.